The van der Waals surface area contributed by atoms with Gasteiger partial charge in [0, 0.05) is 49.2 Å². The molecule has 4 rings (SSSR count). The third-order valence-corrected chi connectivity index (χ3v) is 5.88. The molecule has 1 aromatic carbocycles. The molecule has 0 unspecified atom stereocenters. The van der Waals surface area contributed by atoms with Gasteiger partial charge < -0.3 is 15.1 Å². The number of anilines is 2. The minimum absolute atomic E-state index is 0.100. The van der Waals surface area contributed by atoms with Crippen LogP contribution in [0.15, 0.2) is 35.1 Å². The van der Waals surface area contributed by atoms with Crippen LogP contribution in [0.3, 0.4) is 0 Å². The van der Waals surface area contributed by atoms with Gasteiger partial charge in [0.05, 0.1) is 17.8 Å². The second kappa shape index (κ2) is 8.31. The Labute approximate surface area is 175 Å². The summed E-state index contributed by atoms with van der Waals surface area (Å²) >= 11 is 0. The molecule has 158 valence electrons. The minimum Gasteiger partial charge on any atom is -0.367 e. The number of nitrogens with one attached hydrogen (secondary N) is 2. The fraction of sp³-hybridized carbons (Fsp3) is 0.409. The first kappa shape index (κ1) is 20.2. The lowest BCUT2D eigenvalue weighted by atomic mass is 10.1. The van der Waals surface area contributed by atoms with Gasteiger partial charge in [-0.3, -0.25) is 14.7 Å². The third-order valence-electron chi connectivity index (χ3n) is 5.88. The van der Waals surface area contributed by atoms with E-state index in [0.717, 1.165) is 61.0 Å². The highest BCUT2D eigenvalue weighted by molar-refractivity contribution is 5.95. The molecule has 2 N–H and O–H groups in total. The smallest absolute Gasteiger partial charge is 0.266 e. The molecule has 0 bridgehead atoms. The summed E-state index contributed by atoms with van der Waals surface area (Å²) in [6.45, 7) is 11.0. The van der Waals surface area contributed by atoms with Crippen molar-refractivity contribution in [2.45, 2.75) is 27.2 Å². The molecule has 8 heteroatoms. The summed E-state index contributed by atoms with van der Waals surface area (Å²) in [5.41, 5.74) is 4.63. The molecule has 30 heavy (non-hydrogen) atoms. The first-order chi connectivity index (χ1) is 14.5. The summed E-state index contributed by atoms with van der Waals surface area (Å²) in [6, 6.07) is 9.41. The molecule has 0 saturated carbocycles. The maximum Gasteiger partial charge on any atom is 0.266 e. The summed E-state index contributed by atoms with van der Waals surface area (Å²) in [7, 11) is 0. The van der Waals surface area contributed by atoms with Crippen LogP contribution in [0.1, 0.15) is 23.9 Å². The Balaban J connectivity index is 1.53. The zero-order chi connectivity index (χ0) is 21.3. The second-order valence-electron chi connectivity index (χ2n) is 7.74. The highest BCUT2D eigenvalue weighted by Gasteiger charge is 2.20. The first-order valence-electron chi connectivity index (χ1n) is 10.4. The zero-order valence-electron chi connectivity index (χ0n) is 17.7. The molecular weight excluding hydrogens is 380 g/mol. The summed E-state index contributed by atoms with van der Waals surface area (Å²) < 4.78 is 1.64. The molecule has 3 heterocycles. The number of fused-ring (bicyclic) bond motifs is 1. The van der Waals surface area contributed by atoms with Crippen LogP contribution in [0.25, 0.3) is 5.65 Å². The van der Waals surface area contributed by atoms with Gasteiger partial charge in [0.15, 0.2) is 5.65 Å². The van der Waals surface area contributed by atoms with Crippen molar-refractivity contribution >= 4 is 22.9 Å². The molecular formula is C22H28N6O2. The third kappa shape index (κ3) is 3.95. The van der Waals surface area contributed by atoms with E-state index < -0.39 is 0 Å². The Morgan fingerprint density at radius 1 is 1.17 bits per heavy atom. The van der Waals surface area contributed by atoms with Crippen molar-refractivity contribution in [3.63, 3.8) is 0 Å². The average molecular weight is 409 g/mol. The van der Waals surface area contributed by atoms with E-state index in [1.807, 2.05) is 32.0 Å². The lowest BCUT2D eigenvalue weighted by Gasteiger charge is -2.36. The lowest BCUT2D eigenvalue weighted by Crippen LogP contribution is -2.46. The van der Waals surface area contributed by atoms with Crippen LogP contribution >= 0.6 is 0 Å². The zero-order valence-corrected chi connectivity index (χ0v) is 17.7. The number of benzene rings is 1. The van der Waals surface area contributed by atoms with Crippen LogP contribution in [-0.4, -0.2) is 58.1 Å². The van der Waals surface area contributed by atoms with Crippen LogP contribution in [-0.2, 0) is 11.2 Å². The highest BCUT2D eigenvalue weighted by atomic mass is 16.1. The predicted octanol–water partition coefficient (Wildman–Crippen LogP) is 1.96. The standard InChI is InChI=1S/C22H28N6O2/c1-4-26-9-11-27(12-10-26)19-8-6-5-7-18(19)24-21(29)13-17-15(2)23-20-14-22(30)25-28(20)16(17)3/h5-8,14H,4,9-13H2,1-3H3,(H,24,29)(H,25,30). The number of para-hydroxylation sites is 2. The van der Waals surface area contributed by atoms with E-state index in [1.165, 1.54) is 6.07 Å². The molecule has 0 radical (unpaired) electrons. The molecule has 1 aliphatic rings. The molecule has 1 fully saturated rings. The number of carbonyl (C=O) groups excluding carboxylic acids is 1. The van der Waals surface area contributed by atoms with Gasteiger partial charge in [-0.1, -0.05) is 19.1 Å². The summed E-state index contributed by atoms with van der Waals surface area (Å²) in [5, 5.41) is 5.82. The normalized spacial score (nSPS) is 15.0. The number of piperazine rings is 1. The minimum atomic E-state index is -0.205. The van der Waals surface area contributed by atoms with Crippen LogP contribution in [0, 0.1) is 13.8 Å². The number of nitrogens with zero attached hydrogens (tertiary/aromatic N) is 4. The number of hydrogen-bond acceptors (Lipinski definition) is 5. The Morgan fingerprint density at radius 2 is 1.90 bits per heavy atom. The van der Waals surface area contributed by atoms with Gasteiger partial charge in [0.1, 0.15) is 0 Å². The van der Waals surface area contributed by atoms with Crippen molar-refractivity contribution in [2.24, 2.45) is 0 Å². The second-order valence-corrected chi connectivity index (χ2v) is 7.74. The van der Waals surface area contributed by atoms with E-state index in [9.17, 15) is 9.59 Å². The van der Waals surface area contributed by atoms with Crippen molar-refractivity contribution in [3.8, 4) is 0 Å². The van der Waals surface area contributed by atoms with Crippen LogP contribution in [0.4, 0.5) is 11.4 Å². The van der Waals surface area contributed by atoms with Crippen molar-refractivity contribution in [1.82, 2.24) is 19.5 Å². The molecule has 8 nitrogen and oxygen atoms in total. The number of aryl methyl sites for hydroxylation is 2. The van der Waals surface area contributed by atoms with Crippen LogP contribution in [0.2, 0.25) is 0 Å². The summed E-state index contributed by atoms with van der Waals surface area (Å²) in [6.07, 6.45) is 0.193. The maximum absolute atomic E-state index is 12.9. The Hall–Kier alpha value is -3.13. The van der Waals surface area contributed by atoms with E-state index in [0.29, 0.717) is 5.65 Å². The molecule has 3 aromatic rings. The lowest BCUT2D eigenvalue weighted by molar-refractivity contribution is -0.115. The maximum atomic E-state index is 12.9. The van der Waals surface area contributed by atoms with E-state index in [4.69, 9.17) is 0 Å². The van der Waals surface area contributed by atoms with Crippen LogP contribution in [0.5, 0.6) is 0 Å². The quantitative estimate of drug-likeness (QED) is 0.674. The Bertz CT molecular complexity index is 1120. The number of aromatic nitrogens is 3. The fourth-order valence-electron chi connectivity index (χ4n) is 4.13. The monoisotopic (exact) mass is 408 g/mol. The molecule has 0 aliphatic carbocycles. The number of amides is 1. The summed E-state index contributed by atoms with van der Waals surface area (Å²) in [5.74, 6) is -0.100. The molecule has 0 atom stereocenters. The van der Waals surface area contributed by atoms with E-state index >= 15 is 0 Å². The topological polar surface area (TPSA) is 85.7 Å². The number of rotatable bonds is 5. The van der Waals surface area contributed by atoms with Gasteiger partial charge in [-0.25, -0.2) is 9.50 Å². The Morgan fingerprint density at radius 3 is 2.63 bits per heavy atom. The Kier molecular flexibility index (Phi) is 5.59. The SMILES string of the molecule is CCN1CCN(c2ccccc2NC(=O)Cc2c(C)nc3cc(=O)[nH]n3c2C)CC1. The molecule has 2 aromatic heterocycles. The first-order valence-corrected chi connectivity index (χ1v) is 10.4. The molecule has 1 saturated heterocycles. The van der Waals surface area contributed by atoms with Crippen molar-refractivity contribution < 1.29 is 4.79 Å². The van der Waals surface area contributed by atoms with Crippen LogP contribution < -0.4 is 15.8 Å². The fourth-order valence-corrected chi connectivity index (χ4v) is 4.13. The van der Waals surface area contributed by atoms with Gasteiger partial charge in [-0.15, -0.1) is 0 Å². The van der Waals surface area contributed by atoms with Crippen molar-refractivity contribution in [3.05, 3.63) is 57.6 Å². The van der Waals surface area contributed by atoms with Crippen molar-refractivity contribution in [2.75, 3.05) is 42.9 Å². The number of hydrogen-bond donors (Lipinski definition) is 2. The summed E-state index contributed by atoms with van der Waals surface area (Å²) in [4.78, 5) is 33.8. The van der Waals surface area contributed by atoms with E-state index in [2.05, 4.69) is 38.2 Å². The van der Waals surface area contributed by atoms with E-state index in [1.54, 1.807) is 4.52 Å². The van der Waals surface area contributed by atoms with Gasteiger partial charge in [-0.2, -0.15) is 0 Å². The van der Waals surface area contributed by atoms with Gasteiger partial charge >= 0.3 is 0 Å². The average Bonchev–Trinajstić information content (AvgIpc) is 3.12. The highest BCUT2D eigenvalue weighted by Crippen LogP contribution is 2.27. The number of aromatic amines is 1. The van der Waals surface area contributed by atoms with Gasteiger partial charge in [0.2, 0.25) is 5.91 Å². The number of H-pyrrole nitrogens is 1. The predicted molar refractivity (Wildman–Crippen MR) is 118 cm³/mol. The largest absolute Gasteiger partial charge is 0.367 e. The van der Waals surface area contributed by atoms with Gasteiger partial charge in [-0.05, 0) is 32.5 Å². The number of carbonyl (C=O) groups is 1. The molecule has 1 amide bonds. The van der Waals surface area contributed by atoms with Crippen molar-refractivity contribution in [1.29, 1.82) is 0 Å². The van der Waals surface area contributed by atoms with Gasteiger partial charge in [0.25, 0.3) is 5.56 Å². The number of likely N-dealkylation sites (N-methyl/N-ethyl adjacent to an activating group) is 1. The molecule has 0 spiro atoms. The van der Waals surface area contributed by atoms with E-state index in [-0.39, 0.29) is 17.9 Å². The molecule has 1 aliphatic heterocycles.